The quantitative estimate of drug-likeness (QED) is 0.495. The van der Waals surface area contributed by atoms with Gasteiger partial charge in [0.1, 0.15) is 0 Å². The van der Waals surface area contributed by atoms with Crippen molar-refractivity contribution >= 4 is 17.7 Å². The van der Waals surface area contributed by atoms with Crippen LogP contribution in [0.1, 0.15) is 21.5 Å². The molecule has 6 heteroatoms. The lowest BCUT2D eigenvalue weighted by Crippen LogP contribution is -2.01. The first kappa shape index (κ1) is 17.9. The van der Waals surface area contributed by atoms with Gasteiger partial charge in [-0.05, 0) is 30.7 Å². The maximum absolute atomic E-state index is 10.9. The number of carboxylic acids is 1. The van der Waals surface area contributed by atoms with Crippen molar-refractivity contribution in [3.63, 3.8) is 0 Å². The number of aromatic nitrogens is 3. The third kappa shape index (κ3) is 4.03. The summed E-state index contributed by atoms with van der Waals surface area (Å²) >= 11 is 1.57. The molecule has 1 N–H and O–H groups in total. The number of allylic oxidation sites excluding steroid dienone is 1. The normalized spacial score (nSPS) is 10.7. The zero-order valence-corrected chi connectivity index (χ0v) is 15.2. The summed E-state index contributed by atoms with van der Waals surface area (Å²) in [6.07, 6.45) is 1.83. The van der Waals surface area contributed by atoms with E-state index < -0.39 is 5.97 Å². The molecule has 0 unspecified atom stereocenters. The molecule has 0 fully saturated rings. The van der Waals surface area contributed by atoms with Gasteiger partial charge < -0.3 is 5.11 Å². The fourth-order valence-corrected chi connectivity index (χ4v) is 3.48. The third-order valence-corrected chi connectivity index (χ3v) is 4.91. The number of nitrogens with zero attached hydrogens (tertiary/aromatic N) is 3. The zero-order valence-electron chi connectivity index (χ0n) is 14.4. The Hall–Kier alpha value is -2.86. The van der Waals surface area contributed by atoms with Crippen LogP contribution in [0.2, 0.25) is 0 Å². The van der Waals surface area contributed by atoms with Crippen molar-refractivity contribution in [2.24, 2.45) is 0 Å². The number of thioether (sulfide) groups is 1. The predicted octanol–water partition coefficient (Wildman–Crippen LogP) is 4.43. The number of carboxylic acid groups (broad SMARTS) is 1. The maximum Gasteiger partial charge on any atom is 0.335 e. The number of aromatic carboxylic acids is 1. The van der Waals surface area contributed by atoms with E-state index in [0.29, 0.717) is 12.3 Å². The summed E-state index contributed by atoms with van der Waals surface area (Å²) in [5.41, 5.74) is 3.51. The summed E-state index contributed by atoms with van der Waals surface area (Å²) in [5, 5.41) is 18.5. The molecule has 2 aromatic carbocycles. The first-order chi connectivity index (χ1) is 12.6. The van der Waals surface area contributed by atoms with Gasteiger partial charge in [0.25, 0.3) is 0 Å². The Bertz CT molecular complexity index is 932. The molecule has 132 valence electrons. The highest BCUT2D eigenvalue weighted by Crippen LogP contribution is 2.27. The molecule has 1 heterocycles. The lowest BCUT2D eigenvalue weighted by atomic mass is 10.1. The molecule has 0 bridgehead atoms. The van der Waals surface area contributed by atoms with Crippen LogP contribution in [-0.2, 0) is 12.3 Å². The van der Waals surface area contributed by atoms with Gasteiger partial charge in [-0.1, -0.05) is 53.7 Å². The number of carbonyl (C=O) groups is 1. The smallest absolute Gasteiger partial charge is 0.335 e. The van der Waals surface area contributed by atoms with Crippen LogP contribution in [0.4, 0.5) is 0 Å². The zero-order chi connectivity index (χ0) is 18.5. The Kier molecular flexibility index (Phi) is 5.53. The van der Waals surface area contributed by atoms with E-state index in [1.807, 2.05) is 47.9 Å². The second-order valence-electron chi connectivity index (χ2n) is 5.87. The summed E-state index contributed by atoms with van der Waals surface area (Å²) in [4.78, 5) is 10.9. The van der Waals surface area contributed by atoms with Gasteiger partial charge >= 0.3 is 5.97 Å². The molecule has 0 saturated carbocycles. The Labute approximate surface area is 156 Å². The molecule has 0 atom stereocenters. The van der Waals surface area contributed by atoms with E-state index in [9.17, 15) is 4.79 Å². The number of benzene rings is 2. The van der Waals surface area contributed by atoms with Gasteiger partial charge in [0, 0.05) is 17.9 Å². The fraction of sp³-hybridized carbons (Fsp3) is 0.150. The standard InChI is InChI=1S/C20H19N3O2S/c1-3-11-23-18(17-6-4-5-14(2)12-17)21-22-20(23)26-13-15-7-9-16(10-8-15)19(24)25/h3-10,12H,1,11,13H2,2H3,(H,24,25). The molecular weight excluding hydrogens is 346 g/mol. The van der Waals surface area contributed by atoms with Crippen LogP contribution in [0.15, 0.2) is 66.3 Å². The molecule has 0 aliphatic heterocycles. The van der Waals surface area contributed by atoms with Crippen LogP contribution in [0.3, 0.4) is 0 Å². The number of hydrogen-bond donors (Lipinski definition) is 1. The number of hydrogen-bond acceptors (Lipinski definition) is 4. The molecular formula is C20H19N3O2S. The van der Waals surface area contributed by atoms with Crippen LogP contribution >= 0.6 is 11.8 Å². The molecule has 0 radical (unpaired) electrons. The van der Waals surface area contributed by atoms with E-state index in [1.54, 1.807) is 23.9 Å². The molecule has 0 amide bonds. The lowest BCUT2D eigenvalue weighted by Gasteiger charge is -2.08. The van der Waals surface area contributed by atoms with Gasteiger partial charge in [0.15, 0.2) is 11.0 Å². The molecule has 0 spiro atoms. The first-order valence-corrected chi connectivity index (χ1v) is 9.13. The van der Waals surface area contributed by atoms with Gasteiger partial charge in [0.2, 0.25) is 0 Å². The molecule has 1 aromatic heterocycles. The van der Waals surface area contributed by atoms with Gasteiger partial charge in [-0.3, -0.25) is 4.57 Å². The molecule has 0 saturated heterocycles. The van der Waals surface area contributed by atoms with E-state index in [0.717, 1.165) is 22.1 Å². The highest BCUT2D eigenvalue weighted by Gasteiger charge is 2.14. The Balaban J connectivity index is 1.81. The van der Waals surface area contributed by atoms with Crippen LogP contribution in [-0.4, -0.2) is 25.8 Å². The topological polar surface area (TPSA) is 68.0 Å². The summed E-state index contributed by atoms with van der Waals surface area (Å²) in [6, 6.07) is 15.1. The third-order valence-electron chi connectivity index (χ3n) is 3.87. The Morgan fingerprint density at radius 3 is 2.65 bits per heavy atom. The average molecular weight is 365 g/mol. The second kappa shape index (κ2) is 8.01. The highest BCUT2D eigenvalue weighted by molar-refractivity contribution is 7.98. The van der Waals surface area contributed by atoms with Crippen LogP contribution in [0.25, 0.3) is 11.4 Å². The molecule has 0 aliphatic carbocycles. The van der Waals surface area contributed by atoms with Crippen molar-refractivity contribution in [1.82, 2.24) is 14.8 Å². The summed E-state index contributed by atoms with van der Waals surface area (Å²) in [7, 11) is 0. The van der Waals surface area contributed by atoms with Crippen LogP contribution < -0.4 is 0 Å². The minimum Gasteiger partial charge on any atom is -0.478 e. The summed E-state index contributed by atoms with van der Waals surface area (Å²) in [6.45, 7) is 6.50. The lowest BCUT2D eigenvalue weighted by molar-refractivity contribution is 0.0697. The van der Waals surface area contributed by atoms with Crippen molar-refractivity contribution in [2.45, 2.75) is 24.4 Å². The molecule has 3 rings (SSSR count). The summed E-state index contributed by atoms with van der Waals surface area (Å²) < 4.78 is 2.04. The van der Waals surface area contributed by atoms with Crippen molar-refractivity contribution in [3.8, 4) is 11.4 Å². The van der Waals surface area contributed by atoms with Crippen LogP contribution in [0.5, 0.6) is 0 Å². The Morgan fingerprint density at radius 2 is 2.00 bits per heavy atom. The highest BCUT2D eigenvalue weighted by atomic mass is 32.2. The second-order valence-corrected chi connectivity index (χ2v) is 6.81. The van der Waals surface area contributed by atoms with Gasteiger partial charge in [-0.15, -0.1) is 16.8 Å². The van der Waals surface area contributed by atoms with E-state index in [1.165, 1.54) is 5.56 Å². The van der Waals surface area contributed by atoms with E-state index in [-0.39, 0.29) is 5.56 Å². The van der Waals surface area contributed by atoms with Crippen LogP contribution in [0, 0.1) is 6.92 Å². The van der Waals surface area contributed by atoms with E-state index >= 15 is 0 Å². The fourth-order valence-electron chi connectivity index (χ4n) is 2.58. The molecule has 26 heavy (non-hydrogen) atoms. The van der Waals surface area contributed by atoms with Gasteiger partial charge in [0.05, 0.1) is 5.56 Å². The Morgan fingerprint density at radius 1 is 1.23 bits per heavy atom. The van der Waals surface area contributed by atoms with Crippen molar-refractivity contribution < 1.29 is 9.90 Å². The summed E-state index contributed by atoms with van der Waals surface area (Å²) in [5.74, 6) is 0.582. The van der Waals surface area contributed by atoms with Crippen molar-refractivity contribution in [3.05, 3.63) is 77.9 Å². The largest absolute Gasteiger partial charge is 0.478 e. The van der Waals surface area contributed by atoms with E-state index in [2.05, 4.69) is 22.8 Å². The monoisotopic (exact) mass is 365 g/mol. The minimum atomic E-state index is -0.919. The SMILES string of the molecule is C=CCn1c(SCc2ccc(C(=O)O)cc2)nnc1-c1cccc(C)c1. The number of aryl methyl sites for hydroxylation is 1. The van der Waals surface area contributed by atoms with Gasteiger partial charge in [-0.25, -0.2) is 4.79 Å². The van der Waals surface area contributed by atoms with Crippen molar-refractivity contribution in [1.29, 1.82) is 0 Å². The molecule has 3 aromatic rings. The predicted molar refractivity (Wildman–Crippen MR) is 103 cm³/mol. The molecule has 0 aliphatic rings. The van der Waals surface area contributed by atoms with Gasteiger partial charge in [-0.2, -0.15) is 0 Å². The van der Waals surface area contributed by atoms with Crippen molar-refractivity contribution in [2.75, 3.05) is 0 Å². The minimum absolute atomic E-state index is 0.287. The molecule has 5 nitrogen and oxygen atoms in total. The first-order valence-electron chi connectivity index (χ1n) is 8.14. The number of rotatable bonds is 7. The average Bonchev–Trinajstić information content (AvgIpc) is 3.03. The maximum atomic E-state index is 10.9. The van der Waals surface area contributed by atoms with E-state index in [4.69, 9.17) is 5.11 Å².